The van der Waals surface area contributed by atoms with Crippen molar-refractivity contribution in [3.05, 3.63) is 27.2 Å². The molecule has 0 saturated carbocycles. The molecule has 8 heteroatoms. The standard InChI is InChI=1S/C14H11BrClFN4O/c15-10-8(7-18)6-9-12(11(10)17)19-14(16)20-13(9)21-2-1-4-22-5-3-21/h6H,1-5H2. The number of rotatable bonds is 1. The topological polar surface area (TPSA) is 62.0 Å². The fraction of sp³-hybridized carbons (Fsp3) is 0.357. The molecule has 1 fully saturated rings. The monoisotopic (exact) mass is 384 g/mol. The van der Waals surface area contributed by atoms with Gasteiger partial charge in [-0.15, -0.1) is 0 Å². The van der Waals surface area contributed by atoms with Gasteiger partial charge in [-0.2, -0.15) is 10.2 Å². The van der Waals surface area contributed by atoms with E-state index in [4.69, 9.17) is 21.6 Å². The van der Waals surface area contributed by atoms with Crippen molar-refractivity contribution < 1.29 is 9.13 Å². The number of hydrogen-bond donors (Lipinski definition) is 0. The number of nitriles is 1. The molecule has 0 radical (unpaired) electrons. The normalized spacial score (nSPS) is 15.6. The van der Waals surface area contributed by atoms with E-state index in [1.165, 1.54) is 0 Å². The Morgan fingerprint density at radius 2 is 2.18 bits per heavy atom. The summed E-state index contributed by atoms with van der Waals surface area (Å²) in [6.45, 7) is 2.59. The van der Waals surface area contributed by atoms with Crippen molar-refractivity contribution in [3.63, 3.8) is 0 Å². The number of nitrogens with zero attached hydrogens (tertiary/aromatic N) is 4. The molecule has 1 saturated heterocycles. The first kappa shape index (κ1) is 15.4. The van der Waals surface area contributed by atoms with Gasteiger partial charge in [0.25, 0.3) is 0 Å². The molecule has 0 amide bonds. The maximum atomic E-state index is 14.5. The number of halogens is 3. The fourth-order valence-corrected chi connectivity index (χ4v) is 3.00. The van der Waals surface area contributed by atoms with Crippen LogP contribution in [-0.4, -0.2) is 36.3 Å². The van der Waals surface area contributed by atoms with E-state index in [0.29, 0.717) is 31.0 Å². The largest absolute Gasteiger partial charge is 0.380 e. The number of anilines is 1. The third-order valence-electron chi connectivity index (χ3n) is 3.47. The zero-order chi connectivity index (χ0) is 15.7. The molecule has 0 aliphatic carbocycles. The lowest BCUT2D eigenvalue weighted by atomic mass is 10.1. The fourth-order valence-electron chi connectivity index (χ4n) is 2.44. The molecule has 114 valence electrons. The third kappa shape index (κ3) is 2.74. The van der Waals surface area contributed by atoms with E-state index in [0.717, 1.165) is 13.0 Å². The van der Waals surface area contributed by atoms with Gasteiger partial charge in [0, 0.05) is 25.1 Å². The Morgan fingerprint density at radius 1 is 1.36 bits per heavy atom. The van der Waals surface area contributed by atoms with E-state index in [9.17, 15) is 4.39 Å². The van der Waals surface area contributed by atoms with Crippen molar-refractivity contribution in [1.29, 1.82) is 5.26 Å². The molecule has 5 nitrogen and oxygen atoms in total. The van der Waals surface area contributed by atoms with Gasteiger partial charge in [-0.05, 0) is 40.0 Å². The summed E-state index contributed by atoms with van der Waals surface area (Å²) in [7, 11) is 0. The summed E-state index contributed by atoms with van der Waals surface area (Å²) < 4.78 is 20.0. The SMILES string of the molecule is N#Cc1cc2c(N3CCCOCC3)nc(Cl)nc2c(F)c1Br. The van der Waals surface area contributed by atoms with Crippen LogP contribution in [0.3, 0.4) is 0 Å². The van der Waals surface area contributed by atoms with Gasteiger partial charge < -0.3 is 9.64 Å². The Balaban J connectivity index is 2.25. The lowest BCUT2D eigenvalue weighted by Crippen LogP contribution is -2.27. The Labute approximate surface area is 139 Å². The van der Waals surface area contributed by atoms with Crippen LogP contribution in [0.15, 0.2) is 10.5 Å². The summed E-state index contributed by atoms with van der Waals surface area (Å²) in [5.41, 5.74) is 0.300. The van der Waals surface area contributed by atoms with Crippen LogP contribution in [0.25, 0.3) is 10.9 Å². The van der Waals surface area contributed by atoms with Crippen LogP contribution < -0.4 is 4.90 Å². The molecule has 0 N–H and O–H groups in total. The molecule has 3 rings (SSSR count). The highest BCUT2D eigenvalue weighted by Crippen LogP contribution is 2.33. The first-order valence-electron chi connectivity index (χ1n) is 6.70. The summed E-state index contributed by atoms with van der Waals surface area (Å²) in [5.74, 6) is -0.0749. The third-order valence-corrected chi connectivity index (χ3v) is 4.41. The molecule has 2 aromatic rings. The molecule has 22 heavy (non-hydrogen) atoms. The van der Waals surface area contributed by atoms with Crippen LogP contribution in [-0.2, 0) is 4.74 Å². The summed E-state index contributed by atoms with van der Waals surface area (Å²) >= 11 is 9.04. The first-order valence-corrected chi connectivity index (χ1v) is 7.87. The molecule has 1 aromatic heterocycles. The molecule has 0 spiro atoms. The van der Waals surface area contributed by atoms with Gasteiger partial charge >= 0.3 is 0 Å². The summed E-state index contributed by atoms with van der Waals surface area (Å²) in [6, 6.07) is 3.55. The molecule has 1 aliphatic rings. The lowest BCUT2D eigenvalue weighted by molar-refractivity contribution is 0.152. The van der Waals surface area contributed by atoms with Crippen LogP contribution >= 0.6 is 27.5 Å². The van der Waals surface area contributed by atoms with Crippen molar-refractivity contribution >= 4 is 44.3 Å². The van der Waals surface area contributed by atoms with Gasteiger partial charge in [-0.1, -0.05) is 0 Å². The summed E-state index contributed by atoms with van der Waals surface area (Å²) in [6.07, 6.45) is 0.841. The van der Waals surface area contributed by atoms with E-state index < -0.39 is 5.82 Å². The van der Waals surface area contributed by atoms with Crippen molar-refractivity contribution in [1.82, 2.24) is 9.97 Å². The molecule has 0 bridgehead atoms. The van der Waals surface area contributed by atoms with Crippen molar-refractivity contribution in [2.24, 2.45) is 0 Å². The Hall–Kier alpha value is -1.49. The van der Waals surface area contributed by atoms with Crippen LogP contribution in [0.4, 0.5) is 10.2 Å². The predicted molar refractivity (Wildman–Crippen MR) is 84.6 cm³/mol. The highest BCUT2D eigenvalue weighted by atomic mass is 79.9. The number of ether oxygens (including phenoxy) is 1. The van der Waals surface area contributed by atoms with Gasteiger partial charge in [0.1, 0.15) is 17.4 Å². The van der Waals surface area contributed by atoms with Crippen LogP contribution in [0.1, 0.15) is 12.0 Å². The van der Waals surface area contributed by atoms with Gasteiger partial charge in [0.05, 0.1) is 16.6 Å². The van der Waals surface area contributed by atoms with Crippen LogP contribution in [0.5, 0.6) is 0 Å². The zero-order valence-electron chi connectivity index (χ0n) is 11.4. The molecule has 0 atom stereocenters. The number of hydrogen-bond acceptors (Lipinski definition) is 5. The quantitative estimate of drug-likeness (QED) is 0.705. The second kappa shape index (κ2) is 6.32. The minimum absolute atomic E-state index is 0.0248. The maximum absolute atomic E-state index is 14.5. The average Bonchev–Trinajstić information content (AvgIpc) is 2.79. The van der Waals surface area contributed by atoms with E-state index in [-0.39, 0.29) is 20.8 Å². The number of aromatic nitrogens is 2. The van der Waals surface area contributed by atoms with E-state index in [1.54, 1.807) is 6.07 Å². The van der Waals surface area contributed by atoms with Gasteiger partial charge in [0.15, 0.2) is 5.82 Å². The number of fused-ring (bicyclic) bond motifs is 1. The Bertz CT molecular complexity index is 772. The van der Waals surface area contributed by atoms with Crippen molar-refractivity contribution in [2.45, 2.75) is 6.42 Å². The van der Waals surface area contributed by atoms with E-state index in [2.05, 4.69) is 25.9 Å². The smallest absolute Gasteiger partial charge is 0.225 e. The second-order valence-corrected chi connectivity index (χ2v) is 5.96. The van der Waals surface area contributed by atoms with Crippen molar-refractivity contribution in [3.8, 4) is 6.07 Å². The molecule has 2 heterocycles. The second-order valence-electron chi connectivity index (χ2n) is 4.83. The van der Waals surface area contributed by atoms with E-state index in [1.807, 2.05) is 11.0 Å². The minimum atomic E-state index is -0.606. The van der Waals surface area contributed by atoms with Crippen LogP contribution in [0.2, 0.25) is 5.28 Å². The van der Waals surface area contributed by atoms with E-state index >= 15 is 0 Å². The highest BCUT2D eigenvalue weighted by Gasteiger charge is 2.21. The van der Waals surface area contributed by atoms with Gasteiger partial charge in [-0.3, -0.25) is 0 Å². The molecule has 0 unspecified atom stereocenters. The van der Waals surface area contributed by atoms with Crippen LogP contribution in [0, 0.1) is 17.1 Å². The predicted octanol–water partition coefficient (Wildman–Crippen LogP) is 3.28. The first-order chi connectivity index (χ1) is 10.6. The molecular weight excluding hydrogens is 375 g/mol. The molecule has 1 aromatic carbocycles. The minimum Gasteiger partial charge on any atom is -0.380 e. The average molecular weight is 386 g/mol. The molecule has 1 aliphatic heterocycles. The van der Waals surface area contributed by atoms with Crippen molar-refractivity contribution in [2.75, 3.05) is 31.2 Å². The zero-order valence-corrected chi connectivity index (χ0v) is 13.8. The summed E-state index contributed by atoms with van der Waals surface area (Å²) in [4.78, 5) is 10.2. The maximum Gasteiger partial charge on any atom is 0.225 e. The highest BCUT2D eigenvalue weighted by molar-refractivity contribution is 9.10. The Kier molecular flexibility index (Phi) is 4.43. The Morgan fingerprint density at radius 3 is 2.95 bits per heavy atom. The van der Waals surface area contributed by atoms with Gasteiger partial charge in [-0.25, -0.2) is 9.37 Å². The lowest BCUT2D eigenvalue weighted by Gasteiger charge is -2.22. The molecular formula is C14H11BrClFN4O. The summed E-state index contributed by atoms with van der Waals surface area (Å²) in [5, 5.41) is 9.61. The number of benzene rings is 1. The van der Waals surface area contributed by atoms with Gasteiger partial charge in [0.2, 0.25) is 5.28 Å².